The van der Waals surface area contributed by atoms with E-state index in [1.165, 1.54) is 0 Å². The van der Waals surface area contributed by atoms with Crippen molar-refractivity contribution in [1.82, 2.24) is 20.2 Å². The van der Waals surface area contributed by atoms with Crippen LogP contribution >= 0.6 is 24.0 Å². The van der Waals surface area contributed by atoms with Crippen molar-refractivity contribution >= 4 is 41.8 Å². The lowest BCUT2D eigenvalue weighted by atomic mass is 10.3. The quantitative estimate of drug-likeness (QED) is 0.369. The highest BCUT2D eigenvalue weighted by molar-refractivity contribution is 14.0. The highest BCUT2D eigenvalue weighted by atomic mass is 127. The molecule has 0 radical (unpaired) electrons. The Kier molecular flexibility index (Phi) is 8.12. The summed E-state index contributed by atoms with van der Waals surface area (Å²) in [4.78, 5) is 27.2. The van der Waals surface area contributed by atoms with Crippen LogP contribution in [0.4, 0.5) is 19.1 Å². The molecule has 0 saturated carbocycles. The Morgan fingerprint density at radius 3 is 2.40 bits per heavy atom. The van der Waals surface area contributed by atoms with Crippen molar-refractivity contribution in [3.63, 3.8) is 0 Å². The number of hydrogen-bond donors (Lipinski definition) is 2. The van der Waals surface area contributed by atoms with E-state index in [0.29, 0.717) is 32.1 Å². The molecule has 1 fully saturated rings. The van der Waals surface area contributed by atoms with Crippen LogP contribution in [0.5, 0.6) is 0 Å². The highest BCUT2D eigenvalue weighted by Gasteiger charge is 2.27. The number of halogens is 4. The molecule has 0 spiro atoms. The molecular formula is C13H19F3IN7O. The highest BCUT2D eigenvalue weighted by Crippen LogP contribution is 2.12. The lowest BCUT2D eigenvalue weighted by Crippen LogP contribution is -2.51. The van der Waals surface area contributed by atoms with Gasteiger partial charge in [-0.1, -0.05) is 0 Å². The first-order chi connectivity index (χ1) is 11.3. The molecule has 2 heterocycles. The Hall–Kier alpha value is -1.86. The molecule has 1 aromatic rings. The minimum Gasteiger partial charge on any atom is -0.370 e. The monoisotopic (exact) mass is 473 g/mol. The first kappa shape index (κ1) is 21.2. The molecule has 25 heavy (non-hydrogen) atoms. The summed E-state index contributed by atoms with van der Waals surface area (Å²) in [5.74, 6) is -0.0726. The van der Waals surface area contributed by atoms with E-state index in [0.717, 1.165) is 0 Å². The molecule has 12 heteroatoms. The van der Waals surface area contributed by atoms with Crippen LogP contribution in [0.2, 0.25) is 0 Å². The van der Waals surface area contributed by atoms with Crippen LogP contribution in [0, 0.1) is 0 Å². The summed E-state index contributed by atoms with van der Waals surface area (Å²) in [6.45, 7) is 0.539. The molecule has 1 aliphatic rings. The van der Waals surface area contributed by atoms with Crippen molar-refractivity contribution in [1.29, 1.82) is 0 Å². The van der Waals surface area contributed by atoms with Gasteiger partial charge < -0.3 is 20.9 Å². The van der Waals surface area contributed by atoms with Gasteiger partial charge in [0, 0.05) is 38.6 Å². The molecule has 0 aromatic carbocycles. The number of carbonyl (C=O) groups excluding carboxylic acids is 1. The van der Waals surface area contributed by atoms with Crippen molar-refractivity contribution in [2.45, 2.75) is 6.18 Å². The Labute approximate surface area is 159 Å². The average Bonchev–Trinajstić information content (AvgIpc) is 2.58. The van der Waals surface area contributed by atoms with Crippen LogP contribution < -0.4 is 16.0 Å². The molecule has 2 rings (SSSR count). The molecule has 0 atom stereocenters. The molecule has 3 N–H and O–H groups in total. The van der Waals surface area contributed by atoms with E-state index in [1.807, 2.05) is 4.90 Å². The SMILES string of the molecule is I.NC(=NCC(=O)NCC(F)(F)F)N1CCN(c2ncccn2)CC1. The number of hydrogen-bond acceptors (Lipinski definition) is 5. The lowest BCUT2D eigenvalue weighted by Gasteiger charge is -2.35. The second kappa shape index (κ2) is 9.58. The van der Waals surface area contributed by atoms with Gasteiger partial charge in [0.1, 0.15) is 13.1 Å². The van der Waals surface area contributed by atoms with Gasteiger partial charge >= 0.3 is 6.18 Å². The topological polar surface area (TPSA) is 99.7 Å². The number of amides is 1. The third-order valence-electron chi connectivity index (χ3n) is 3.31. The fraction of sp³-hybridized carbons (Fsp3) is 0.538. The van der Waals surface area contributed by atoms with Gasteiger partial charge in [0.05, 0.1) is 0 Å². The standard InChI is InChI=1S/C13H18F3N7O.HI/c14-13(15,16)9-21-10(24)8-20-11(17)22-4-6-23(7-5-22)12-18-2-1-3-19-12;/h1-3H,4-9H2,(H2,17,20)(H,21,24);1H. The van der Waals surface area contributed by atoms with Gasteiger partial charge in [0.2, 0.25) is 11.9 Å². The summed E-state index contributed by atoms with van der Waals surface area (Å²) in [7, 11) is 0. The Morgan fingerprint density at radius 2 is 1.84 bits per heavy atom. The van der Waals surface area contributed by atoms with E-state index >= 15 is 0 Å². The number of rotatable bonds is 4. The Bertz CT molecular complexity index is 577. The minimum atomic E-state index is -4.44. The van der Waals surface area contributed by atoms with Crippen molar-refractivity contribution < 1.29 is 18.0 Å². The summed E-state index contributed by atoms with van der Waals surface area (Å²) in [5, 5.41) is 1.74. The maximum atomic E-state index is 12.0. The number of nitrogens with two attached hydrogens (primary N) is 1. The molecule has 0 aliphatic carbocycles. The van der Waals surface area contributed by atoms with Crippen molar-refractivity contribution in [3.8, 4) is 0 Å². The molecule has 0 bridgehead atoms. The van der Waals surface area contributed by atoms with Gasteiger partial charge in [-0.25, -0.2) is 15.0 Å². The van der Waals surface area contributed by atoms with E-state index in [1.54, 1.807) is 28.7 Å². The van der Waals surface area contributed by atoms with Gasteiger partial charge in [0.25, 0.3) is 0 Å². The molecular weight excluding hydrogens is 454 g/mol. The predicted molar refractivity (Wildman–Crippen MR) is 96.8 cm³/mol. The number of nitrogens with zero attached hydrogens (tertiary/aromatic N) is 5. The van der Waals surface area contributed by atoms with E-state index in [4.69, 9.17) is 5.73 Å². The molecule has 8 nitrogen and oxygen atoms in total. The zero-order valence-corrected chi connectivity index (χ0v) is 15.6. The molecule has 0 unspecified atom stereocenters. The molecule has 1 aliphatic heterocycles. The number of guanidine groups is 1. The van der Waals surface area contributed by atoms with Crippen LogP contribution in [0.1, 0.15) is 0 Å². The van der Waals surface area contributed by atoms with Crippen LogP contribution in [0.3, 0.4) is 0 Å². The number of carbonyl (C=O) groups is 1. The van der Waals surface area contributed by atoms with Gasteiger partial charge in [0.15, 0.2) is 5.96 Å². The summed E-state index contributed by atoms with van der Waals surface area (Å²) in [5.41, 5.74) is 5.79. The fourth-order valence-corrected chi connectivity index (χ4v) is 2.10. The van der Waals surface area contributed by atoms with Gasteiger partial charge in [-0.3, -0.25) is 4.79 Å². The summed E-state index contributed by atoms with van der Waals surface area (Å²) >= 11 is 0. The lowest BCUT2D eigenvalue weighted by molar-refractivity contribution is -0.137. The van der Waals surface area contributed by atoms with Crippen LogP contribution in [-0.4, -0.2) is 72.2 Å². The first-order valence-corrected chi connectivity index (χ1v) is 7.25. The normalized spacial score (nSPS) is 15.6. The zero-order chi connectivity index (χ0) is 17.6. The maximum Gasteiger partial charge on any atom is 0.405 e. The number of piperazine rings is 1. The van der Waals surface area contributed by atoms with Crippen molar-refractivity contribution in [2.75, 3.05) is 44.2 Å². The third kappa shape index (κ3) is 7.27. The maximum absolute atomic E-state index is 12.0. The fourth-order valence-electron chi connectivity index (χ4n) is 2.10. The summed E-state index contributed by atoms with van der Waals surface area (Å²) in [6, 6.07) is 1.73. The number of aromatic nitrogens is 2. The number of anilines is 1. The van der Waals surface area contributed by atoms with Gasteiger partial charge in [-0.05, 0) is 6.07 Å². The number of aliphatic imine (C=N–C) groups is 1. The van der Waals surface area contributed by atoms with Crippen molar-refractivity contribution in [2.24, 2.45) is 10.7 Å². The molecule has 140 valence electrons. The van der Waals surface area contributed by atoms with Crippen LogP contribution in [0.25, 0.3) is 0 Å². The second-order valence-electron chi connectivity index (χ2n) is 5.09. The summed E-state index contributed by atoms with van der Waals surface area (Å²) in [6.07, 6.45) is -1.13. The number of nitrogens with one attached hydrogen (secondary N) is 1. The largest absolute Gasteiger partial charge is 0.405 e. The first-order valence-electron chi connectivity index (χ1n) is 7.25. The van der Waals surface area contributed by atoms with E-state index in [9.17, 15) is 18.0 Å². The smallest absolute Gasteiger partial charge is 0.370 e. The predicted octanol–water partition coefficient (Wildman–Crippen LogP) is 0.210. The zero-order valence-electron chi connectivity index (χ0n) is 13.2. The molecule has 1 amide bonds. The van der Waals surface area contributed by atoms with Crippen LogP contribution in [-0.2, 0) is 4.79 Å². The van der Waals surface area contributed by atoms with Crippen LogP contribution in [0.15, 0.2) is 23.5 Å². The average molecular weight is 473 g/mol. The molecule has 1 aromatic heterocycles. The third-order valence-corrected chi connectivity index (χ3v) is 3.31. The van der Waals surface area contributed by atoms with Crippen molar-refractivity contribution in [3.05, 3.63) is 18.5 Å². The van der Waals surface area contributed by atoms with E-state index in [-0.39, 0.29) is 29.9 Å². The molecule has 1 saturated heterocycles. The van der Waals surface area contributed by atoms with Gasteiger partial charge in [-0.15, -0.1) is 24.0 Å². The van der Waals surface area contributed by atoms with E-state index < -0.39 is 25.2 Å². The minimum absolute atomic E-state index is 0. The second-order valence-corrected chi connectivity index (χ2v) is 5.09. The number of alkyl halides is 3. The Morgan fingerprint density at radius 1 is 1.24 bits per heavy atom. The summed E-state index contributed by atoms with van der Waals surface area (Å²) < 4.78 is 36.0. The van der Waals surface area contributed by atoms with E-state index in [2.05, 4.69) is 15.0 Å². The van der Waals surface area contributed by atoms with Gasteiger partial charge in [-0.2, -0.15) is 13.2 Å². The Balaban J connectivity index is 0.00000312.